The molecule has 2 aromatic heterocycles. The van der Waals surface area contributed by atoms with E-state index in [1.165, 1.54) is 0 Å². The standard InChI is InChI=1S/C7H4NO/c1-3-8-5-7-6(1)2-4-9-7/h2-5H. The predicted molar refractivity (Wildman–Crippen MR) is 32.8 cm³/mol. The van der Waals surface area contributed by atoms with Crippen molar-refractivity contribution in [2.45, 2.75) is 0 Å². The molecule has 2 heterocycles. The highest BCUT2D eigenvalue weighted by Gasteiger charge is 1.91. The van der Waals surface area contributed by atoms with Gasteiger partial charge in [-0.3, -0.25) is 4.98 Å². The second kappa shape index (κ2) is 1.58. The molecule has 2 rings (SSSR count). The molecule has 2 nitrogen and oxygen atoms in total. The van der Waals surface area contributed by atoms with Crippen LogP contribution in [0, 0.1) is 6.07 Å². The van der Waals surface area contributed by atoms with Crippen molar-refractivity contribution in [2.75, 3.05) is 0 Å². The minimum Gasteiger partial charge on any atom is -0.463 e. The van der Waals surface area contributed by atoms with E-state index in [0.29, 0.717) is 0 Å². The number of nitrogens with zero attached hydrogens (tertiary/aromatic N) is 1. The third-order valence-electron chi connectivity index (χ3n) is 1.18. The first kappa shape index (κ1) is 4.56. The van der Waals surface area contributed by atoms with Crippen LogP contribution in [-0.2, 0) is 0 Å². The summed E-state index contributed by atoms with van der Waals surface area (Å²) in [4.78, 5) is 3.84. The van der Waals surface area contributed by atoms with Crippen molar-refractivity contribution >= 4 is 11.0 Å². The van der Waals surface area contributed by atoms with Crippen molar-refractivity contribution in [1.82, 2.24) is 4.98 Å². The Hall–Kier alpha value is -1.31. The van der Waals surface area contributed by atoms with E-state index in [0.717, 1.165) is 11.0 Å². The third kappa shape index (κ3) is 0.598. The average molecular weight is 118 g/mol. The van der Waals surface area contributed by atoms with Crippen molar-refractivity contribution in [3.8, 4) is 0 Å². The number of pyridine rings is 1. The van der Waals surface area contributed by atoms with Crippen molar-refractivity contribution < 1.29 is 4.42 Å². The molecule has 43 valence electrons. The van der Waals surface area contributed by atoms with Gasteiger partial charge in [-0.05, 0) is 6.07 Å². The zero-order chi connectivity index (χ0) is 6.10. The molecule has 0 bridgehead atoms. The lowest BCUT2D eigenvalue weighted by molar-refractivity contribution is 0.614. The first-order chi connectivity index (χ1) is 4.47. The molecule has 0 saturated heterocycles. The second-order valence-corrected chi connectivity index (χ2v) is 1.75. The average Bonchev–Trinajstić information content (AvgIpc) is 2.33. The van der Waals surface area contributed by atoms with Gasteiger partial charge in [-0.2, -0.15) is 0 Å². The number of rotatable bonds is 0. The molecule has 2 heteroatoms. The van der Waals surface area contributed by atoms with E-state index in [-0.39, 0.29) is 0 Å². The fraction of sp³-hybridized carbons (Fsp3) is 0. The molecule has 0 aliphatic heterocycles. The Kier molecular flexibility index (Phi) is 0.803. The highest BCUT2D eigenvalue weighted by atomic mass is 16.3. The van der Waals surface area contributed by atoms with Gasteiger partial charge in [0.2, 0.25) is 0 Å². The molecule has 0 aliphatic carbocycles. The van der Waals surface area contributed by atoms with Gasteiger partial charge in [0.05, 0.1) is 12.5 Å². The first-order valence-corrected chi connectivity index (χ1v) is 2.66. The van der Waals surface area contributed by atoms with Crippen LogP contribution in [0.15, 0.2) is 29.1 Å². The molecule has 0 N–H and O–H groups in total. The zero-order valence-corrected chi connectivity index (χ0v) is 4.66. The van der Waals surface area contributed by atoms with E-state index in [9.17, 15) is 0 Å². The Morgan fingerprint density at radius 2 is 2.56 bits per heavy atom. The van der Waals surface area contributed by atoms with Gasteiger partial charge in [-0.1, -0.05) is 0 Å². The number of furan rings is 1. The van der Waals surface area contributed by atoms with E-state index in [4.69, 9.17) is 4.42 Å². The summed E-state index contributed by atoms with van der Waals surface area (Å²) in [6.45, 7) is 0. The summed E-state index contributed by atoms with van der Waals surface area (Å²) in [7, 11) is 0. The summed E-state index contributed by atoms with van der Waals surface area (Å²) in [5.41, 5.74) is 0.789. The lowest BCUT2D eigenvalue weighted by Gasteiger charge is -1.80. The highest BCUT2D eigenvalue weighted by molar-refractivity contribution is 5.74. The van der Waals surface area contributed by atoms with E-state index in [1.807, 2.05) is 6.07 Å². The minimum atomic E-state index is 0.789. The minimum absolute atomic E-state index is 0.789. The molecule has 0 aromatic carbocycles. The van der Waals surface area contributed by atoms with Crippen molar-refractivity contribution in [3.63, 3.8) is 0 Å². The molecular formula is C7H4NO. The zero-order valence-electron chi connectivity index (χ0n) is 4.66. The van der Waals surface area contributed by atoms with E-state index < -0.39 is 0 Å². The normalized spacial score (nSPS) is 10.2. The summed E-state index contributed by atoms with van der Waals surface area (Å²) in [5.74, 6) is 0. The predicted octanol–water partition coefficient (Wildman–Crippen LogP) is 1.63. The summed E-state index contributed by atoms with van der Waals surface area (Å²) >= 11 is 0. The van der Waals surface area contributed by atoms with Crippen molar-refractivity contribution in [1.29, 1.82) is 0 Å². The van der Waals surface area contributed by atoms with Crippen LogP contribution in [0.1, 0.15) is 0 Å². The highest BCUT2D eigenvalue weighted by Crippen LogP contribution is 2.10. The summed E-state index contributed by atoms with van der Waals surface area (Å²) in [6.07, 6.45) is 4.92. The number of hydrogen-bond acceptors (Lipinski definition) is 2. The largest absolute Gasteiger partial charge is 0.463 e. The van der Waals surface area contributed by atoms with Gasteiger partial charge in [-0.25, -0.2) is 0 Å². The monoisotopic (exact) mass is 118 g/mol. The van der Waals surface area contributed by atoms with Crippen LogP contribution in [-0.4, -0.2) is 4.98 Å². The summed E-state index contributed by atoms with van der Waals surface area (Å²) in [5, 5.41) is 0.977. The lowest BCUT2D eigenvalue weighted by Crippen LogP contribution is -1.66. The fourth-order valence-corrected chi connectivity index (χ4v) is 0.752. The van der Waals surface area contributed by atoms with Gasteiger partial charge in [-0.15, -0.1) is 0 Å². The molecule has 0 saturated carbocycles. The molecule has 0 unspecified atom stereocenters. The van der Waals surface area contributed by atoms with Crippen LogP contribution in [0.3, 0.4) is 0 Å². The second-order valence-electron chi connectivity index (χ2n) is 1.75. The third-order valence-corrected chi connectivity index (χ3v) is 1.18. The molecule has 0 fully saturated rings. The lowest BCUT2D eigenvalue weighted by atomic mass is 10.3. The Bertz CT molecular complexity index is 283. The van der Waals surface area contributed by atoms with Gasteiger partial charge in [0.25, 0.3) is 0 Å². The van der Waals surface area contributed by atoms with Crippen LogP contribution in [0.25, 0.3) is 11.0 Å². The Labute approximate surface area is 52.1 Å². The molecule has 0 atom stereocenters. The van der Waals surface area contributed by atoms with E-state index >= 15 is 0 Å². The van der Waals surface area contributed by atoms with Crippen molar-refractivity contribution in [2.24, 2.45) is 0 Å². The van der Waals surface area contributed by atoms with E-state index in [1.54, 1.807) is 18.7 Å². The number of aromatic nitrogens is 1. The maximum Gasteiger partial charge on any atom is 0.152 e. The smallest absolute Gasteiger partial charge is 0.152 e. The van der Waals surface area contributed by atoms with Crippen LogP contribution in [0.2, 0.25) is 0 Å². The number of hydrogen-bond donors (Lipinski definition) is 0. The van der Waals surface area contributed by atoms with Gasteiger partial charge < -0.3 is 4.42 Å². The summed E-state index contributed by atoms with van der Waals surface area (Å²) < 4.78 is 5.02. The van der Waals surface area contributed by atoms with Gasteiger partial charge >= 0.3 is 0 Å². The molecule has 9 heavy (non-hydrogen) atoms. The van der Waals surface area contributed by atoms with Gasteiger partial charge in [0.15, 0.2) is 5.58 Å². The summed E-state index contributed by atoms with van der Waals surface area (Å²) in [6, 6.07) is 4.78. The van der Waals surface area contributed by atoms with Crippen molar-refractivity contribution in [3.05, 3.63) is 30.8 Å². The number of fused-ring (bicyclic) bond motifs is 1. The van der Waals surface area contributed by atoms with Crippen LogP contribution in [0.5, 0.6) is 0 Å². The Morgan fingerprint density at radius 1 is 1.56 bits per heavy atom. The SMILES string of the molecule is [c]1cncc2occc12. The topological polar surface area (TPSA) is 26.0 Å². The molecule has 0 aliphatic rings. The van der Waals surface area contributed by atoms with Gasteiger partial charge in [0.1, 0.15) is 0 Å². The van der Waals surface area contributed by atoms with Gasteiger partial charge in [0, 0.05) is 17.6 Å². The van der Waals surface area contributed by atoms with Crippen LogP contribution in [0.4, 0.5) is 0 Å². The Balaban J connectivity index is 2.95. The molecule has 2 aromatic rings. The van der Waals surface area contributed by atoms with E-state index in [2.05, 4.69) is 11.1 Å². The fourth-order valence-electron chi connectivity index (χ4n) is 0.752. The molecule has 0 amide bonds. The molecular weight excluding hydrogens is 114 g/mol. The first-order valence-electron chi connectivity index (χ1n) is 2.66. The van der Waals surface area contributed by atoms with Crippen LogP contribution >= 0.6 is 0 Å². The maximum atomic E-state index is 5.02. The molecule has 1 radical (unpaired) electrons. The van der Waals surface area contributed by atoms with Crippen LogP contribution < -0.4 is 0 Å². The molecule has 0 spiro atoms. The maximum absolute atomic E-state index is 5.02. The Morgan fingerprint density at radius 3 is 3.44 bits per heavy atom. The quantitative estimate of drug-likeness (QED) is 0.525.